The second kappa shape index (κ2) is 6.93. The molecule has 2 atom stereocenters. The van der Waals surface area contributed by atoms with Gasteiger partial charge in [-0.1, -0.05) is 13.0 Å². The summed E-state index contributed by atoms with van der Waals surface area (Å²) in [6.07, 6.45) is 1.63. The first kappa shape index (κ1) is 15.8. The van der Waals surface area contributed by atoms with Crippen LogP contribution >= 0.6 is 0 Å². The number of aliphatic hydroxyl groups is 1. The van der Waals surface area contributed by atoms with Crippen molar-refractivity contribution in [3.8, 4) is 6.07 Å². The van der Waals surface area contributed by atoms with Gasteiger partial charge in [0.2, 0.25) is 0 Å². The van der Waals surface area contributed by atoms with Crippen LogP contribution in [0.25, 0.3) is 0 Å². The first-order chi connectivity index (χ1) is 10.1. The van der Waals surface area contributed by atoms with E-state index in [1.54, 1.807) is 13.0 Å². The van der Waals surface area contributed by atoms with Crippen molar-refractivity contribution in [2.45, 2.75) is 38.8 Å². The number of nitrogens with zero attached hydrogens (tertiary/aromatic N) is 3. The molecular formula is C17H25N3O. The Morgan fingerprint density at radius 1 is 1.43 bits per heavy atom. The first-order valence-corrected chi connectivity index (χ1v) is 7.74. The lowest BCUT2D eigenvalue weighted by molar-refractivity contribution is 0.199. The molecule has 114 valence electrons. The van der Waals surface area contributed by atoms with Crippen molar-refractivity contribution in [2.75, 3.05) is 31.6 Å². The molecule has 0 bridgehead atoms. The van der Waals surface area contributed by atoms with Gasteiger partial charge in [0.25, 0.3) is 0 Å². The van der Waals surface area contributed by atoms with Gasteiger partial charge in [-0.25, -0.2) is 0 Å². The SMILES string of the molecule is CCC1CN(C)CCCN1c1cc(C#N)ccc1[C@@H](C)O. The topological polar surface area (TPSA) is 50.5 Å². The van der Waals surface area contributed by atoms with Crippen LogP contribution in [0.15, 0.2) is 18.2 Å². The third kappa shape index (κ3) is 3.55. The van der Waals surface area contributed by atoms with Gasteiger partial charge in [0.1, 0.15) is 0 Å². The van der Waals surface area contributed by atoms with E-state index in [0.29, 0.717) is 11.6 Å². The molecule has 0 amide bonds. The van der Waals surface area contributed by atoms with E-state index in [2.05, 4.69) is 29.8 Å². The fourth-order valence-electron chi connectivity index (χ4n) is 3.13. The van der Waals surface area contributed by atoms with E-state index in [4.69, 9.17) is 0 Å². The second-order valence-corrected chi connectivity index (χ2v) is 5.93. The van der Waals surface area contributed by atoms with Crippen LogP contribution in [0.1, 0.15) is 43.9 Å². The summed E-state index contributed by atoms with van der Waals surface area (Å²) in [4.78, 5) is 4.75. The minimum Gasteiger partial charge on any atom is -0.389 e. The molecule has 0 radical (unpaired) electrons. The van der Waals surface area contributed by atoms with Crippen molar-refractivity contribution in [1.82, 2.24) is 4.90 Å². The predicted octanol–water partition coefficient (Wildman–Crippen LogP) is 2.53. The molecule has 4 heteroatoms. The molecule has 0 aliphatic carbocycles. The molecule has 1 N–H and O–H groups in total. The lowest BCUT2D eigenvalue weighted by atomic mass is 10.0. The van der Waals surface area contributed by atoms with Crippen LogP contribution in [0.5, 0.6) is 0 Å². The fourth-order valence-corrected chi connectivity index (χ4v) is 3.13. The molecule has 1 saturated heterocycles. The minimum absolute atomic E-state index is 0.420. The molecule has 1 aromatic carbocycles. The van der Waals surface area contributed by atoms with Crippen LogP contribution in [-0.2, 0) is 0 Å². The largest absolute Gasteiger partial charge is 0.389 e. The van der Waals surface area contributed by atoms with Gasteiger partial charge in [-0.15, -0.1) is 0 Å². The Balaban J connectivity index is 2.44. The number of aliphatic hydroxyl groups excluding tert-OH is 1. The van der Waals surface area contributed by atoms with Crippen molar-refractivity contribution < 1.29 is 5.11 Å². The van der Waals surface area contributed by atoms with E-state index in [1.165, 1.54) is 0 Å². The monoisotopic (exact) mass is 287 g/mol. The molecule has 1 heterocycles. The quantitative estimate of drug-likeness (QED) is 0.928. The van der Waals surface area contributed by atoms with Crippen molar-refractivity contribution in [3.05, 3.63) is 29.3 Å². The number of nitriles is 1. The highest BCUT2D eigenvalue weighted by atomic mass is 16.3. The summed E-state index contributed by atoms with van der Waals surface area (Å²) >= 11 is 0. The number of hydrogen-bond acceptors (Lipinski definition) is 4. The van der Waals surface area contributed by atoms with Crippen molar-refractivity contribution >= 4 is 5.69 Å². The summed E-state index contributed by atoms with van der Waals surface area (Å²) in [6.45, 7) is 7.07. The molecule has 0 aromatic heterocycles. The molecule has 1 aromatic rings. The number of likely N-dealkylation sites (N-methyl/N-ethyl adjacent to an activating group) is 1. The Kier molecular flexibility index (Phi) is 5.22. The van der Waals surface area contributed by atoms with Gasteiger partial charge in [-0.05, 0) is 45.5 Å². The van der Waals surface area contributed by atoms with E-state index in [9.17, 15) is 10.4 Å². The normalized spacial score (nSPS) is 21.7. The molecule has 4 nitrogen and oxygen atoms in total. The highest BCUT2D eigenvalue weighted by Gasteiger charge is 2.25. The van der Waals surface area contributed by atoms with Crippen molar-refractivity contribution in [3.63, 3.8) is 0 Å². The predicted molar refractivity (Wildman–Crippen MR) is 85.3 cm³/mol. The lowest BCUT2D eigenvalue weighted by Crippen LogP contribution is -2.40. The summed E-state index contributed by atoms with van der Waals surface area (Å²) in [5.41, 5.74) is 2.59. The van der Waals surface area contributed by atoms with Gasteiger partial charge in [-0.3, -0.25) is 0 Å². The fraction of sp³-hybridized carbons (Fsp3) is 0.588. The summed E-state index contributed by atoms with van der Waals surface area (Å²) < 4.78 is 0. The molecule has 1 fully saturated rings. The van der Waals surface area contributed by atoms with E-state index in [0.717, 1.165) is 43.7 Å². The summed E-state index contributed by atoms with van der Waals surface area (Å²) in [5, 5.41) is 19.2. The summed E-state index contributed by atoms with van der Waals surface area (Å²) in [7, 11) is 2.16. The van der Waals surface area contributed by atoms with Gasteiger partial charge in [-0.2, -0.15) is 5.26 Å². The first-order valence-electron chi connectivity index (χ1n) is 7.74. The Bertz CT molecular complexity index is 521. The van der Waals surface area contributed by atoms with E-state index >= 15 is 0 Å². The van der Waals surface area contributed by atoms with Crippen LogP contribution in [0.4, 0.5) is 5.69 Å². The third-order valence-corrected chi connectivity index (χ3v) is 4.29. The molecular weight excluding hydrogens is 262 g/mol. The molecule has 1 aliphatic rings. The van der Waals surface area contributed by atoms with Gasteiger partial charge < -0.3 is 14.9 Å². The Morgan fingerprint density at radius 2 is 2.19 bits per heavy atom. The van der Waals surface area contributed by atoms with Crippen LogP contribution < -0.4 is 4.90 Å². The maximum absolute atomic E-state index is 10.1. The zero-order valence-electron chi connectivity index (χ0n) is 13.2. The third-order valence-electron chi connectivity index (χ3n) is 4.29. The van der Waals surface area contributed by atoms with Crippen LogP contribution in [0.2, 0.25) is 0 Å². The maximum atomic E-state index is 10.1. The number of benzene rings is 1. The molecule has 21 heavy (non-hydrogen) atoms. The van der Waals surface area contributed by atoms with Crippen LogP contribution in [0.3, 0.4) is 0 Å². The molecule has 2 rings (SSSR count). The molecule has 0 spiro atoms. The Morgan fingerprint density at radius 3 is 2.81 bits per heavy atom. The van der Waals surface area contributed by atoms with Gasteiger partial charge in [0, 0.05) is 30.4 Å². The highest BCUT2D eigenvalue weighted by Crippen LogP contribution is 2.31. The second-order valence-electron chi connectivity index (χ2n) is 5.93. The van der Waals surface area contributed by atoms with Crippen molar-refractivity contribution in [2.24, 2.45) is 0 Å². The van der Waals surface area contributed by atoms with Gasteiger partial charge in [0.15, 0.2) is 0 Å². The van der Waals surface area contributed by atoms with Gasteiger partial charge in [0.05, 0.1) is 17.7 Å². The summed E-state index contributed by atoms with van der Waals surface area (Å²) in [5.74, 6) is 0. The zero-order chi connectivity index (χ0) is 15.4. The highest BCUT2D eigenvalue weighted by molar-refractivity contribution is 5.59. The Labute approximate surface area is 127 Å². The van der Waals surface area contributed by atoms with E-state index < -0.39 is 6.10 Å². The minimum atomic E-state index is -0.522. The average Bonchev–Trinajstić information content (AvgIpc) is 2.67. The smallest absolute Gasteiger partial charge is 0.0992 e. The number of hydrogen-bond donors (Lipinski definition) is 1. The van der Waals surface area contributed by atoms with Crippen molar-refractivity contribution in [1.29, 1.82) is 5.26 Å². The lowest BCUT2D eigenvalue weighted by Gasteiger charge is -2.34. The number of anilines is 1. The van der Waals surface area contributed by atoms with Crippen LogP contribution in [-0.4, -0.2) is 42.7 Å². The van der Waals surface area contributed by atoms with E-state index in [-0.39, 0.29) is 0 Å². The van der Waals surface area contributed by atoms with Gasteiger partial charge >= 0.3 is 0 Å². The van der Waals surface area contributed by atoms with Crippen LogP contribution in [0, 0.1) is 11.3 Å². The standard InChI is InChI=1S/C17H25N3O/c1-4-15-12-19(3)8-5-9-20(15)17-10-14(11-18)6-7-16(17)13(2)21/h6-7,10,13,15,21H,4-5,8-9,12H2,1-3H3/t13-,15?/m1/s1. The zero-order valence-corrected chi connectivity index (χ0v) is 13.2. The average molecular weight is 287 g/mol. The molecule has 1 aliphatic heterocycles. The van der Waals surface area contributed by atoms with E-state index in [1.807, 2.05) is 12.1 Å². The molecule has 0 saturated carbocycles. The maximum Gasteiger partial charge on any atom is 0.0992 e. The Hall–Kier alpha value is -1.57. The molecule has 1 unspecified atom stereocenters. The summed E-state index contributed by atoms with van der Waals surface area (Å²) in [6, 6.07) is 8.23. The number of rotatable bonds is 3.